The summed E-state index contributed by atoms with van der Waals surface area (Å²) >= 11 is 12.7. The van der Waals surface area contributed by atoms with Crippen LogP contribution in [0.3, 0.4) is 0 Å². The summed E-state index contributed by atoms with van der Waals surface area (Å²) in [7, 11) is 1.50. The maximum Gasteiger partial charge on any atom is 0.326 e. The van der Waals surface area contributed by atoms with Gasteiger partial charge in [-0.3, -0.25) is 19.3 Å². The summed E-state index contributed by atoms with van der Waals surface area (Å²) in [5, 5.41) is 0.374. The van der Waals surface area contributed by atoms with Gasteiger partial charge in [-0.05, 0) is 60.2 Å². The lowest BCUT2D eigenvalue weighted by molar-refractivity contribution is -0.145. The summed E-state index contributed by atoms with van der Waals surface area (Å²) < 4.78 is 16.0. The van der Waals surface area contributed by atoms with Crippen molar-refractivity contribution in [3.63, 3.8) is 0 Å². The van der Waals surface area contributed by atoms with Crippen LogP contribution in [-0.4, -0.2) is 42.3 Å². The normalized spacial score (nSPS) is 14.8. The van der Waals surface area contributed by atoms with Gasteiger partial charge < -0.3 is 14.2 Å². The number of carbonyl (C=O) groups is 3. The van der Waals surface area contributed by atoms with Gasteiger partial charge in [-0.25, -0.2) is 0 Å². The largest absolute Gasteiger partial charge is 0.493 e. The fourth-order valence-corrected chi connectivity index (χ4v) is 3.97. The van der Waals surface area contributed by atoms with E-state index in [4.69, 9.17) is 37.4 Å². The highest BCUT2D eigenvalue weighted by Crippen LogP contribution is 2.35. The van der Waals surface area contributed by atoms with E-state index in [1.807, 2.05) is 6.07 Å². The zero-order chi connectivity index (χ0) is 23.3. The third kappa shape index (κ3) is 5.76. The van der Waals surface area contributed by atoms with Gasteiger partial charge in [0.2, 0.25) is 0 Å². The summed E-state index contributed by atoms with van der Waals surface area (Å²) in [6, 6.07) is 10.3. The Morgan fingerprint density at radius 1 is 1.09 bits per heavy atom. The van der Waals surface area contributed by atoms with Gasteiger partial charge in [-0.2, -0.15) is 0 Å². The van der Waals surface area contributed by atoms with Crippen molar-refractivity contribution < 1.29 is 28.6 Å². The van der Waals surface area contributed by atoms with E-state index in [9.17, 15) is 14.4 Å². The Balaban J connectivity index is 1.73. The molecule has 0 atom stereocenters. The van der Waals surface area contributed by atoms with Crippen molar-refractivity contribution in [3.8, 4) is 11.5 Å². The molecule has 1 aliphatic rings. The molecule has 1 heterocycles. The number of carbonyl (C=O) groups excluding carboxylic acids is 3. The number of hydrogen-bond acceptors (Lipinski definition) is 7. The summed E-state index contributed by atoms with van der Waals surface area (Å²) in [5.74, 6) is -0.246. The topological polar surface area (TPSA) is 82.1 Å². The number of benzene rings is 2. The molecule has 0 aromatic heterocycles. The van der Waals surface area contributed by atoms with Crippen LogP contribution in [0, 0.1) is 0 Å². The van der Waals surface area contributed by atoms with Gasteiger partial charge >= 0.3 is 5.97 Å². The van der Waals surface area contributed by atoms with Gasteiger partial charge in [-0.1, -0.05) is 35.3 Å². The monoisotopic (exact) mass is 495 g/mol. The zero-order valence-corrected chi connectivity index (χ0v) is 19.6. The van der Waals surface area contributed by atoms with Crippen molar-refractivity contribution in [1.29, 1.82) is 0 Å². The molecule has 3 rings (SSSR count). The minimum Gasteiger partial charge on any atom is -0.493 e. The predicted octanol–water partition coefficient (Wildman–Crippen LogP) is 5.18. The molecular formula is C22H19Cl2NO6S. The number of halogens is 2. The summed E-state index contributed by atoms with van der Waals surface area (Å²) in [4.78, 5) is 37.3. The summed E-state index contributed by atoms with van der Waals surface area (Å²) in [6.45, 7) is 1.65. The van der Waals surface area contributed by atoms with E-state index < -0.39 is 23.7 Å². The molecule has 0 radical (unpaired) electrons. The highest BCUT2D eigenvalue weighted by molar-refractivity contribution is 8.18. The van der Waals surface area contributed by atoms with Crippen LogP contribution in [-0.2, 0) is 20.9 Å². The standard InChI is InChI=1S/C22H19Cl2NO6S/c1-3-30-20(26)11-25-21(27)19(32-22(25)28)10-13-5-7-17(18(9-13)29-2)31-12-14-4-6-15(23)16(24)8-14/h4-10H,3,11-12H2,1-2H3/b19-10-. The van der Waals surface area contributed by atoms with Crippen LogP contribution in [0.1, 0.15) is 18.1 Å². The molecule has 2 aromatic carbocycles. The molecule has 7 nitrogen and oxygen atoms in total. The molecule has 1 saturated heterocycles. The molecule has 168 valence electrons. The smallest absolute Gasteiger partial charge is 0.326 e. The van der Waals surface area contributed by atoms with Crippen LogP contribution in [0.25, 0.3) is 6.08 Å². The van der Waals surface area contributed by atoms with Crippen molar-refractivity contribution in [2.24, 2.45) is 0 Å². The number of methoxy groups -OCH3 is 1. The molecule has 0 spiro atoms. The first kappa shape index (κ1) is 24.0. The molecule has 0 N–H and O–H groups in total. The first-order valence-corrected chi connectivity index (χ1v) is 11.1. The van der Waals surface area contributed by atoms with Gasteiger partial charge in [0.1, 0.15) is 13.2 Å². The molecule has 0 bridgehead atoms. The Labute approximate surface area is 199 Å². The lowest BCUT2D eigenvalue weighted by Gasteiger charge is -2.12. The molecule has 0 saturated carbocycles. The van der Waals surface area contributed by atoms with Crippen LogP contribution in [0.5, 0.6) is 11.5 Å². The number of imide groups is 1. The number of esters is 1. The first-order valence-electron chi connectivity index (χ1n) is 9.48. The number of amides is 2. The van der Waals surface area contributed by atoms with Crippen molar-refractivity contribution in [1.82, 2.24) is 4.90 Å². The van der Waals surface area contributed by atoms with E-state index >= 15 is 0 Å². The van der Waals surface area contributed by atoms with Crippen molar-refractivity contribution >= 4 is 58.2 Å². The Hall–Kier alpha value is -2.68. The predicted molar refractivity (Wildman–Crippen MR) is 123 cm³/mol. The van der Waals surface area contributed by atoms with E-state index in [1.165, 1.54) is 7.11 Å². The van der Waals surface area contributed by atoms with E-state index in [0.717, 1.165) is 22.2 Å². The maximum atomic E-state index is 12.5. The lowest BCUT2D eigenvalue weighted by atomic mass is 10.1. The Kier molecular flexibility index (Phi) is 8.06. The van der Waals surface area contributed by atoms with Gasteiger partial charge in [0.05, 0.1) is 28.7 Å². The molecule has 0 unspecified atom stereocenters. The highest BCUT2D eigenvalue weighted by Gasteiger charge is 2.36. The summed E-state index contributed by atoms with van der Waals surface area (Å²) in [6.07, 6.45) is 1.56. The van der Waals surface area contributed by atoms with E-state index in [-0.39, 0.29) is 18.1 Å². The molecule has 2 amide bonds. The van der Waals surface area contributed by atoms with Crippen LogP contribution in [0.2, 0.25) is 10.0 Å². The molecule has 32 heavy (non-hydrogen) atoms. The second-order valence-electron chi connectivity index (χ2n) is 6.52. The van der Waals surface area contributed by atoms with Crippen molar-refractivity contribution in [2.45, 2.75) is 13.5 Å². The SMILES string of the molecule is CCOC(=O)CN1C(=O)S/C(=C\c2ccc(OCc3ccc(Cl)c(Cl)c3)c(OC)c2)C1=O. The molecule has 1 aliphatic heterocycles. The van der Waals surface area contributed by atoms with Crippen LogP contribution < -0.4 is 9.47 Å². The number of hydrogen-bond donors (Lipinski definition) is 0. The van der Waals surface area contributed by atoms with E-state index in [1.54, 1.807) is 43.3 Å². The second kappa shape index (κ2) is 10.8. The van der Waals surface area contributed by atoms with E-state index in [0.29, 0.717) is 27.1 Å². The lowest BCUT2D eigenvalue weighted by Crippen LogP contribution is -2.34. The van der Waals surface area contributed by atoms with Gasteiger partial charge in [-0.15, -0.1) is 0 Å². The van der Waals surface area contributed by atoms with E-state index in [2.05, 4.69) is 0 Å². The average Bonchev–Trinajstić information content (AvgIpc) is 3.02. The van der Waals surface area contributed by atoms with Crippen LogP contribution in [0.15, 0.2) is 41.3 Å². The number of nitrogens with zero attached hydrogens (tertiary/aromatic N) is 1. The maximum absolute atomic E-state index is 12.5. The zero-order valence-electron chi connectivity index (χ0n) is 17.2. The highest BCUT2D eigenvalue weighted by atomic mass is 35.5. The van der Waals surface area contributed by atoms with Gasteiger partial charge in [0.15, 0.2) is 11.5 Å². The van der Waals surface area contributed by atoms with Crippen LogP contribution >= 0.6 is 35.0 Å². The third-order valence-corrected chi connectivity index (χ3v) is 5.98. The molecular weight excluding hydrogens is 477 g/mol. The average molecular weight is 496 g/mol. The Bertz CT molecular complexity index is 1090. The van der Waals surface area contributed by atoms with Crippen molar-refractivity contribution in [2.75, 3.05) is 20.3 Å². The number of thioether (sulfide) groups is 1. The second-order valence-corrected chi connectivity index (χ2v) is 8.33. The molecule has 2 aromatic rings. The fraction of sp³-hybridized carbons (Fsp3) is 0.227. The first-order chi connectivity index (χ1) is 15.3. The Morgan fingerprint density at radius 2 is 1.88 bits per heavy atom. The number of rotatable bonds is 8. The minimum absolute atomic E-state index is 0.171. The molecule has 1 fully saturated rings. The quantitative estimate of drug-likeness (QED) is 0.368. The van der Waals surface area contributed by atoms with Crippen molar-refractivity contribution in [3.05, 3.63) is 62.5 Å². The molecule has 10 heteroatoms. The molecule has 0 aliphatic carbocycles. The summed E-state index contributed by atoms with van der Waals surface area (Å²) in [5.41, 5.74) is 1.46. The fourth-order valence-electron chi connectivity index (χ4n) is 2.81. The van der Waals surface area contributed by atoms with Gasteiger partial charge in [0.25, 0.3) is 11.1 Å². The number of ether oxygens (including phenoxy) is 3. The van der Waals surface area contributed by atoms with Gasteiger partial charge in [0, 0.05) is 0 Å². The Morgan fingerprint density at radius 3 is 2.56 bits per heavy atom. The third-order valence-electron chi connectivity index (χ3n) is 4.33. The van der Waals surface area contributed by atoms with Crippen LogP contribution in [0.4, 0.5) is 4.79 Å². The minimum atomic E-state index is -0.638.